The van der Waals surface area contributed by atoms with Crippen LogP contribution in [0.4, 0.5) is 5.69 Å². The number of para-hydroxylation sites is 1. The first-order chi connectivity index (χ1) is 19.8. The largest absolute Gasteiger partial charge is 0.490 e. The quantitative estimate of drug-likeness (QED) is 0.248. The molecule has 2 unspecified atom stereocenters. The topological polar surface area (TPSA) is 83.4 Å². The van der Waals surface area contributed by atoms with Gasteiger partial charge in [-0.2, -0.15) is 5.26 Å². The van der Waals surface area contributed by atoms with E-state index in [1.165, 1.54) is 0 Å². The van der Waals surface area contributed by atoms with Crippen LogP contribution in [-0.4, -0.2) is 18.9 Å². The Morgan fingerprint density at radius 3 is 2.66 bits per heavy atom. The Morgan fingerprint density at radius 1 is 1.17 bits per heavy atom. The minimum Gasteiger partial charge on any atom is -0.490 e. The average Bonchev–Trinajstić information content (AvgIpc) is 2.92. The first-order valence-corrected chi connectivity index (χ1v) is 15.6. The third kappa shape index (κ3) is 7.16. The molecule has 0 saturated carbocycles. The van der Waals surface area contributed by atoms with Crippen LogP contribution in [0.5, 0.6) is 11.5 Å². The van der Waals surface area contributed by atoms with E-state index >= 15 is 0 Å². The van der Waals surface area contributed by atoms with Crippen LogP contribution < -0.4 is 20.1 Å². The highest BCUT2D eigenvalue weighted by Gasteiger charge is 2.39. The van der Waals surface area contributed by atoms with Gasteiger partial charge in [0.25, 0.3) is 0 Å². The average molecular weight is 621 g/mol. The van der Waals surface area contributed by atoms with Crippen molar-refractivity contribution in [3.63, 3.8) is 0 Å². The summed E-state index contributed by atoms with van der Waals surface area (Å²) >= 11 is 3.74. The number of dihydropyridines is 1. The molecule has 0 fully saturated rings. The molecular weight excluding hydrogens is 578 g/mol. The van der Waals surface area contributed by atoms with Gasteiger partial charge in [-0.15, -0.1) is 0 Å². The second kappa shape index (κ2) is 14.1. The van der Waals surface area contributed by atoms with Crippen LogP contribution in [0.1, 0.15) is 83.8 Å². The molecule has 0 saturated heterocycles. The van der Waals surface area contributed by atoms with Crippen LogP contribution in [0.15, 0.2) is 63.4 Å². The number of ketones is 1. The number of ether oxygens (including phenoxy) is 2. The van der Waals surface area contributed by atoms with Crippen LogP contribution >= 0.6 is 15.9 Å². The van der Waals surface area contributed by atoms with E-state index in [4.69, 9.17) is 9.47 Å². The molecule has 2 atom stereocenters. The Kier molecular flexibility index (Phi) is 10.6. The molecule has 1 heterocycles. The summed E-state index contributed by atoms with van der Waals surface area (Å²) in [6, 6.07) is 14.5. The summed E-state index contributed by atoms with van der Waals surface area (Å²) in [6.45, 7) is 12.2. The number of nitrogens with one attached hydrogen (secondary N) is 2. The van der Waals surface area contributed by atoms with E-state index in [2.05, 4.69) is 65.5 Å². The molecule has 2 aromatic carbocycles. The standard InChI is InChI=1S/C34H42BrN3O3/c1-6-10-23-15-29-33(30(39)16-23)32(26(19-36)22(5)38-29)25-17-27(35)34(31(18-25)40-7-2)41-20-24-11-8-9-12-28(24)37-14-13-21(3)4/h8-9,11-12,17-18,21,23,32,37-38H,6-7,10,13-16,20H2,1-5H3. The Hall–Kier alpha value is -3.24. The van der Waals surface area contributed by atoms with Gasteiger partial charge in [-0.1, -0.05) is 45.4 Å². The molecule has 2 aliphatic rings. The van der Waals surface area contributed by atoms with Crippen molar-refractivity contribution in [2.75, 3.05) is 18.5 Å². The number of rotatable bonds is 12. The Balaban J connectivity index is 1.67. The van der Waals surface area contributed by atoms with Gasteiger partial charge in [0.1, 0.15) is 6.61 Å². The molecule has 0 amide bonds. The number of carbonyl (C=O) groups is 1. The number of hydrogen-bond donors (Lipinski definition) is 2. The van der Waals surface area contributed by atoms with Crippen molar-refractivity contribution in [2.24, 2.45) is 11.8 Å². The van der Waals surface area contributed by atoms with Crippen molar-refractivity contribution in [2.45, 2.75) is 79.2 Å². The summed E-state index contributed by atoms with van der Waals surface area (Å²) in [5.74, 6) is 1.83. The van der Waals surface area contributed by atoms with Crippen molar-refractivity contribution in [3.8, 4) is 17.6 Å². The molecule has 4 rings (SSSR count). The number of halogens is 1. The molecule has 0 radical (unpaired) electrons. The molecule has 6 nitrogen and oxygen atoms in total. The molecule has 1 aliphatic carbocycles. The lowest BCUT2D eigenvalue weighted by atomic mass is 9.72. The van der Waals surface area contributed by atoms with Gasteiger partial charge in [-0.25, -0.2) is 0 Å². The number of nitrogens with zero attached hydrogens (tertiary/aromatic N) is 1. The molecule has 0 bridgehead atoms. The first kappa shape index (κ1) is 30.7. The number of hydrogen-bond acceptors (Lipinski definition) is 6. The summed E-state index contributed by atoms with van der Waals surface area (Å²) < 4.78 is 13.2. The molecule has 0 spiro atoms. The fraction of sp³-hybridized carbons (Fsp3) is 0.471. The van der Waals surface area contributed by atoms with E-state index < -0.39 is 5.92 Å². The van der Waals surface area contributed by atoms with Crippen LogP contribution in [-0.2, 0) is 11.4 Å². The Labute approximate surface area is 253 Å². The van der Waals surface area contributed by atoms with Crippen molar-refractivity contribution < 1.29 is 14.3 Å². The van der Waals surface area contributed by atoms with Crippen molar-refractivity contribution in [1.29, 1.82) is 5.26 Å². The normalized spacial score (nSPS) is 18.6. The number of nitriles is 1. The predicted octanol–water partition coefficient (Wildman–Crippen LogP) is 8.40. The van der Waals surface area contributed by atoms with Gasteiger partial charge < -0.3 is 20.1 Å². The van der Waals surface area contributed by atoms with E-state index in [0.29, 0.717) is 54.1 Å². The fourth-order valence-electron chi connectivity index (χ4n) is 5.84. The predicted molar refractivity (Wildman–Crippen MR) is 168 cm³/mol. The van der Waals surface area contributed by atoms with E-state index in [9.17, 15) is 10.1 Å². The molecular formula is C34H42BrN3O3. The fourth-order valence-corrected chi connectivity index (χ4v) is 6.41. The van der Waals surface area contributed by atoms with Gasteiger partial charge in [0, 0.05) is 41.2 Å². The monoisotopic (exact) mass is 619 g/mol. The number of carbonyl (C=O) groups excluding carboxylic acids is 1. The highest BCUT2D eigenvalue weighted by atomic mass is 79.9. The van der Waals surface area contributed by atoms with Crippen LogP contribution in [0, 0.1) is 23.2 Å². The van der Waals surface area contributed by atoms with Crippen LogP contribution in [0.2, 0.25) is 0 Å². The minimum absolute atomic E-state index is 0.124. The number of anilines is 1. The number of allylic oxidation sites excluding steroid dienone is 4. The lowest BCUT2D eigenvalue weighted by Gasteiger charge is -2.35. The van der Waals surface area contributed by atoms with Gasteiger partial charge in [0.15, 0.2) is 17.3 Å². The lowest BCUT2D eigenvalue weighted by molar-refractivity contribution is -0.117. The summed E-state index contributed by atoms with van der Waals surface area (Å²) in [5, 5.41) is 17.1. The maximum atomic E-state index is 13.5. The SMILES string of the molecule is CCCC1CC(=O)C2=C(C1)NC(C)=C(C#N)C2c1cc(Br)c(OCc2ccccc2NCCC(C)C)c(OCC)c1. The van der Waals surface area contributed by atoms with Crippen molar-refractivity contribution in [3.05, 3.63) is 74.5 Å². The zero-order valence-corrected chi connectivity index (χ0v) is 26.5. The molecule has 1 aliphatic heterocycles. The molecule has 2 N–H and O–H groups in total. The molecule has 0 aromatic heterocycles. The van der Waals surface area contributed by atoms with Gasteiger partial charge in [0.05, 0.1) is 28.6 Å². The van der Waals surface area contributed by atoms with Gasteiger partial charge in [0.2, 0.25) is 0 Å². The number of benzene rings is 2. The molecule has 218 valence electrons. The zero-order valence-electron chi connectivity index (χ0n) is 24.9. The summed E-state index contributed by atoms with van der Waals surface area (Å²) in [5.41, 5.74) is 6.00. The smallest absolute Gasteiger partial charge is 0.175 e. The van der Waals surface area contributed by atoms with E-state index in [1.54, 1.807) is 0 Å². The third-order valence-corrected chi connectivity index (χ3v) is 8.41. The highest BCUT2D eigenvalue weighted by Crippen LogP contribution is 2.47. The van der Waals surface area contributed by atoms with Crippen molar-refractivity contribution in [1.82, 2.24) is 5.32 Å². The van der Waals surface area contributed by atoms with E-state index in [-0.39, 0.29) is 5.78 Å². The minimum atomic E-state index is -0.443. The number of Topliss-reactive ketones (excluding diaryl/α,β-unsaturated/α-hetero) is 1. The van der Waals surface area contributed by atoms with Gasteiger partial charge >= 0.3 is 0 Å². The van der Waals surface area contributed by atoms with E-state index in [1.807, 2.05) is 38.1 Å². The second-order valence-corrected chi connectivity index (χ2v) is 12.3. The molecule has 41 heavy (non-hydrogen) atoms. The molecule has 2 aromatic rings. The highest BCUT2D eigenvalue weighted by molar-refractivity contribution is 9.10. The first-order valence-electron chi connectivity index (χ1n) is 14.8. The zero-order chi connectivity index (χ0) is 29.5. The van der Waals surface area contributed by atoms with E-state index in [0.717, 1.165) is 64.9 Å². The summed E-state index contributed by atoms with van der Waals surface area (Å²) in [6.07, 6.45) is 4.50. The van der Waals surface area contributed by atoms with Crippen molar-refractivity contribution >= 4 is 27.4 Å². The van der Waals surface area contributed by atoms with Gasteiger partial charge in [-0.05, 0) is 84.6 Å². The summed E-state index contributed by atoms with van der Waals surface area (Å²) in [4.78, 5) is 13.5. The van der Waals surface area contributed by atoms with Gasteiger partial charge in [-0.3, -0.25) is 4.79 Å². The third-order valence-electron chi connectivity index (χ3n) is 7.82. The van der Waals surface area contributed by atoms with Crippen LogP contribution in [0.25, 0.3) is 0 Å². The Morgan fingerprint density at radius 2 is 1.95 bits per heavy atom. The second-order valence-electron chi connectivity index (χ2n) is 11.4. The maximum absolute atomic E-state index is 13.5. The van der Waals surface area contributed by atoms with Crippen LogP contribution in [0.3, 0.4) is 0 Å². The summed E-state index contributed by atoms with van der Waals surface area (Å²) in [7, 11) is 0. The Bertz CT molecular complexity index is 1370. The maximum Gasteiger partial charge on any atom is 0.175 e. The lowest BCUT2D eigenvalue weighted by Crippen LogP contribution is -2.34. The molecule has 7 heteroatoms.